The average molecular weight is 181 g/mol. The molecule has 0 spiro atoms. The molecule has 0 aromatic heterocycles. The van der Waals surface area contributed by atoms with Crippen molar-refractivity contribution in [1.29, 1.82) is 0 Å². The van der Waals surface area contributed by atoms with Crippen molar-refractivity contribution in [3.8, 4) is 0 Å². The fraction of sp³-hybridized carbons (Fsp3) is 0.909. The van der Waals surface area contributed by atoms with E-state index in [-0.39, 0.29) is 5.91 Å². The Morgan fingerprint density at radius 1 is 1.46 bits per heavy atom. The maximum absolute atomic E-state index is 11.2. The molecule has 2 aliphatic rings. The molecular weight excluding hydrogens is 162 g/mol. The number of piperidine rings is 1. The Balaban J connectivity index is 2.12. The van der Waals surface area contributed by atoms with Crippen LogP contribution in [0.3, 0.4) is 0 Å². The largest absolute Gasteiger partial charge is 0.342 e. The first kappa shape index (κ1) is 9.04. The van der Waals surface area contributed by atoms with Gasteiger partial charge >= 0.3 is 0 Å². The summed E-state index contributed by atoms with van der Waals surface area (Å²) in [5.74, 6) is 1.03. The molecule has 0 aromatic carbocycles. The van der Waals surface area contributed by atoms with Crippen molar-refractivity contribution >= 4 is 5.91 Å². The summed E-state index contributed by atoms with van der Waals surface area (Å²) in [5.41, 5.74) is 0.820. The van der Waals surface area contributed by atoms with Crippen LogP contribution >= 0.6 is 0 Å². The molecule has 1 saturated heterocycles. The molecule has 1 aliphatic carbocycles. The zero-order valence-electron chi connectivity index (χ0n) is 9.05. The van der Waals surface area contributed by atoms with Crippen LogP contribution < -0.4 is 0 Å². The number of hydrogen-bond donors (Lipinski definition) is 0. The molecule has 13 heavy (non-hydrogen) atoms. The lowest BCUT2D eigenvalue weighted by Crippen LogP contribution is -2.34. The van der Waals surface area contributed by atoms with Crippen LogP contribution in [0.4, 0.5) is 0 Å². The molecule has 2 rings (SSSR count). The number of hydrogen-bond acceptors (Lipinski definition) is 1. The van der Waals surface area contributed by atoms with Crippen LogP contribution in [-0.4, -0.2) is 23.9 Å². The molecular formula is C11H19NO. The second-order valence-electron chi connectivity index (χ2n) is 5.71. The smallest absolute Gasteiger partial charge is 0.219 e. The fourth-order valence-electron chi connectivity index (χ4n) is 2.88. The minimum Gasteiger partial charge on any atom is -0.342 e. The average Bonchev–Trinajstić information content (AvgIpc) is 2.54. The summed E-state index contributed by atoms with van der Waals surface area (Å²) in [4.78, 5) is 13.2. The molecule has 2 atom stereocenters. The number of likely N-dealkylation sites (tertiary alicyclic amines) is 1. The molecule has 2 heteroatoms. The van der Waals surface area contributed by atoms with Gasteiger partial charge in [0.25, 0.3) is 0 Å². The van der Waals surface area contributed by atoms with Crippen molar-refractivity contribution in [2.45, 2.75) is 34.1 Å². The maximum atomic E-state index is 11.2. The van der Waals surface area contributed by atoms with Crippen molar-refractivity contribution in [3.05, 3.63) is 0 Å². The second kappa shape index (κ2) is 2.28. The van der Waals surface area contributed by atoms with Gasteiger partial charge in [-0.25, -0.2) is 0 Å². The predicted octanol–water partition coefficient (Wildman–Crippen LogP) is 1.90. The molecule has 74 valence electrons. The Bertz CT molecular complexity index is 253. The fourth-order valence-corrected chi connectivity index (χ4v) is 2.88. The zero-order valence-corrected chi connectivity index (χ0v) is 9.05. The molecule has 1 amide bonds. The van der Waals surface area contributed by atoms with E-state index >= 15 is 0 Å². The number of carbonyl (C=O) groups excluding carboxylic acids is 1. The number of fused-ring (bicyclic) bond motifs is 1. The van der Waals surface area contributed by atoms with Crippen molar-refractivity contribution in [3.63, 3.8) is 0 Å². The van der Waals surface area contributed by atoms with Gasteiger partial charge in [-0.05, 0) is 23.2 Å². The normalized spacial score (nSPS) is 37.5. The highest BCUT2D eigenvalue weighted by Crippen LogP contribution is 2.66. The van der Waals surface area contributed by atoms with Crippen molar-refractivity contribution < 1.29 is 4.79 Å². The van der Waals surface area contributed by atoms with E-state index in [0.29, 0.717) is 10.8 Å². The Hall–Kier alpha value is -0.530. The molecule has 2 unspecified atom stereocenters. The molecule has 1 heterocycles. The molecule has 0 N–H and O–H groups in total. The summed E-state index contributed by atoms with van der Waals surface area (Å²) in [6.07, 6.45) is 1.33. The van der Waals surface area contributed by atoms with Gasteiger partial charge in [-0.3, -0.25) is 4.79 Å². The third-order valence-electron chi connectivity index (χ3n) is 4.08. The van der Waals surface area contributed by atoms with E-state index in [2.05, 4.69) is 20.8 Å². The predicted molar refractivity (Wildman–Crippen MR) is 52.2 cm³/mol. The lowest BCUT2D eigenvalue weighted by Gasteiger charge is -2.31. The van der Waals surface area contributed by atoms with Gasteiger partial charge < -0.3 is 4.90 Å². The molecule has 1 saturated carbocycles. The summed E-state index contributed by atoms with van der Waals surface area (Å²) in [6, 6.07) is 0. The van der Waals surface area contributed by atoms with Gasteiger partial charge in [0.15, 0.2) is 0 Å². The Labute approximate surface area is 80.3 Å². The van der Waals surface area contributed by atoms with Crippen molar-refractivity contribution in [1.82, 2.24) is 4.90 Å². The van der Waals surface area contributed by atoms with Crippen LogP contribution in [0.15, 0.2) is 0 Å². The third-order valence-corrected chi connectivity index (χ3v) is 4.08. The van der Waals surface area contributed by atoms with Crippen LogP contribution in [0, 0.1) is 16.7 Å². The Kier molecular flexibility index (Phi) is 1.59. The quantitative estimate of drug-likeness (QED) is 0.559. The van der Waals surface area contributed by atoms with Crippen LogP contribution in [-0.2, 0) is 4.79 Å². The highest BCUT2D eigenvalue weighted by Gasteiger charge is 2.65. The lowest BCUT2D eigenvalue weighted by atomic mass is 9.77. The molecule has 2 fully saturated rings. The Morgan fingerprint density at radius 3 is 2.38 bits per heavy atom. The van der Waals surface area contributed by atoms with Gasteiger partial charge in [0.2, 0.25) is 5.91 Å². The SMILES string of the molecule is CC(=O)N1CC2CC2(C(C)(C)C)C1. The maximum Gasteiger partial charge on any atom is 0.219 e. The molecule has 1 aliphatic heterocycles. The van der Waals surface area contributed by atoms with Crippen molar-refractivity contribution in [2.75, 3.05) is 13.1 Å². The van der Waals surface area contributed by atoms with Gasteiger partial charge in [-0.1, -0.05) is 20.8 Å². The highest BCUT2D eigenvalue weighted by atomic mass is 16.2. The zero-order chi connectivity index (χ0) is 9.85. The van der Waals surface area contributed by atoms with E-state index in [1.54, 1.807) is 6.92 Å². The monoisotopic (exact) mass is 181 g/mol. The van der Waals surface area contributed by atoms with Crippen LogP contribution in [0.5, 0.6) is 0 Å². The third kappa shape index (κ3) is 1.11. The first-order valence-corrected chi connectivity index (χ1v) is 5.12. The summed E-state index contributed by atoms with van der Waals surface area (Å²) in [6.45, 7) is 10.6. The van der Waals surface area contributed by atoms with Gasteiger partial charge in [-0.15, -0.1) is 0 Å². The minimum absolute atomic E-state index is 0.246. The van der Waals surface area contributed by atoms with E-state index in [1.807, 2.05) is 4.90 Å². The van der Waals surface area contributed by atoms with Crippen LogP contribution in [0.1, 0.15) is 34.1 Å². The first-order valence-electron chi connectivity index (χ1n) is 5.12. The Morgan fingerprint density at radius 2 is 2.08 bits per heavy atom. The van der Waals surface area contributed by atoms with E-state index in [4.69, 9.17) is 0 Å². The number of carbonyl (C=O) groups is 1. The van der Waals surface area contributed by atoms with E-state index in [0.717, 1.165) is 19.0 Å². The van der Waals surface area contributed by atoms with Crippen molar-refractivity contribution in [2.24, 2.45) is 16.7 Å². The number of nitrogens with zero attached hydrogens (tertiary/aromatic N) is 1. The van der Waals surface area contributed by atoms with Gasteiger partial charge in [-0.2, -0.15) is 0 Å². The van der Waals surface area contributed by atoms with Crippen LogP contribution in [0.2, 0.25) is 0 Å². The summed E-state index contributed by atoms with van der Waals surface area (Å²) < 4.78 is 0. The van der Waals surface area contributed by atoms with E-state index in [9.17, 15) is 4.79 Å². The number of amides is 1. The molecule has 0 radical (unpaired) electrons. The lowest BCUT2D eigenvalue weighted by molar-refractivity contribution is -0.128. The first-order chi connectivity index (χ1) is 5.87. The molecule has 0 bridgehead atoms. The number of rotatable bonds is 0. The summed E-state index contributed by atoms with van der Waals surface area (Å²) >= 11 is 0. The standard InChI is InChI=1S/C11H19NO/c1-8(13)12-6-9-5-11(9,7-12)10(2,3)4/h9H,5-7H2,1-4H3. The van der Waals surface area contributed by atoms with E-state index < -0.39 is 0 Å². The molecule has 2 nitrogen and oxygen atoms in total. The second-order valence-corrected chi connectivity index (χ2v) is 5.71. The summed E-state index contributed by atoms with van der Waals surface area (Å²) in [5, 5.41) is 0. The minimum atomic E-state index is 0.246. The van der Waals surface area contributed by atoms with E-state index in [1.165, 1.54) is 6.42 Å². The highest BCUT2D eigenvalue weighted by molar-refractivity contribution is 5.74. The summed E-state index contributed by atoms with van der Waals surface area (Å²) in [7, 11) is 0. The molecule has 0 aromatic rings. The topological polar surface area (TPSA) is 20.3 Å². The van der Waals surface area contributed by atoms with Gasteiger partial charge in [0, 0.05) is 20.0 Å². The van der Waals surface area contributed by atoms with Gasteiger partial charge in [0.05, 0.1) is 0 Å². The van der Waals surface area contributed by atoms with Crippen LogP contribution in [0.25, 0.3) is 0 Å². The van der Waals surface area contributed by atoms with Gasteiger partial charge in [0.1, 0.15) is 0 Å².